The minimum absolute atomic E-state index is 0.0197. The summed E-state index contributed by atoms with van der Waals surface area (Å²) in [4.78, 5) is 13.9. The van der Waals surface area contributed by atoms with E-state index in [1.165, 1.54) is 11.0 Å². The number of rotatable bonds is 6. The summed E-state index contributed by atoms with van der Waals surface area (Å²) in [7, 11) is 0. The Hall–Kier alpha value is -2.13. The van der Waals surface area contributed by atoms with Crippen molar-refractivity contribution < 1.29 is 28.2 Å². The summed E-state index contributed by atoms with van der Waals surface area (Å²) in [6.07, 6.45) is -5.49. The number of alkyl halides is 3. The number of likely N-dealkylation sites (tertiary alicyclic amines) is 1. The average Bonchev–Trinajstić information content (AvgIpc) is 2.98. The van der Waals surface area contributed by atoms with Crippen molar-refractivity contribution in [3.63, 3.8) is 0 Å². The topological polar surface area (TPSA) is 72.8 Å². The highest BCUT2D eigenvalue weighted by Gasteiger charge is 2.45. The molecule has 2 aromatic rings. The summed E-state index contributed by atoms with van der Waals surface area (Å²) in [5.41, 5.74) is -1.17. The van der Waals surface area contributed by atoms with E-state index < -0.39 is 23.4 Å². The van der Waals surface area contributed by atoms with Crippen LogP contribution in [0.2, 0.25) is 5.02 Å². The molecule has 0 aromatic heterocycles. The highest BCUT2D eigenvalue weighted by molar-refractivity contribution is 6.30. The van der Waals surface area contributed by atoms with E-state index in [0.29, 0.717) is 10.6 Å². The molecule has 2 aromatic carbocycles. The fraction of sp³-hybridized carbons (Fsp3) is 0.381. The monoisotopic (exact) mass is 442 g/mol. The maximum Gasteiger partial charge on any atom is 0.416 e. The number of amides is 1. The van der Waals surface area contributed by atoms with Crippen molar-refractivity contribution in [1.82, 2.24) is 10.2 Å². The van der Waals surface area contributed by atoms with Crippen molar-refractivity contribution in [2.45, 2.75) is 30.8 Å². The Bertz CT molecular complexity index is 892. The van der Waals surface area contributed by atoms with Gasteiger partial charge in [-0.3, -0.25) is 4.79 Å². The second kappa shape index (κ2) is 8.93. The smallest absolute Gasteiger partial charge is 0.388 e. The van der Waals surface area contributed by atoms with Gasteiger partial charge in [0.2, 0.25) is 5.91 Å². The molecule has 0 radical (unpaired) electrons. The number of benzene rings is 2. The molecule has 9 heteroatoms. The maximum absolute atomic E-state index is 12.8. The van der Waals surface area contributed by atoms with E-state index in [2.05, 4.69) is 5.32 Å². The predicted octanol–water partition coefficient (Wildman–Crippen LogP) is 2.63. The first-order valence-electron chi connectivity index (χ1n) is 9.36. The van der Waals surface area contributed by atoms with Crippen LogP contribution in [-0.2, 0) is 23.9 Å². The van der Waals surface area contributed by atoms with E-state index >= 15 is 0 Å². The van der Waals surface area contributed by atoms with E-state index in [1.807, 2.05) is 0 Å². The van der Waals surface area contributed by atoms with Gasteiger partial charge in [0.1, 0.15) is 11.7 Å². The second-order valence-electron chi connectivity index (χ2n) is 7.50. The lowest BCUT2D eigenvalue weighted by molar-refractivity contribution is -0.137. The molecule has 0 spiro atoms. The highest BCUT2D eigenvalue weighted by atomic mass is 35.5. The number of carbonyl (C=O) groups is 1. The number of carbonyl (C=O) groups excluding carboxylic acids is 1. The van der Waals surface area contributed by atoms with Gasteiger partial charge in [-0.25, -0.2) is 0 Å². The number of aliphatic hydroxyl groups is 2. The maximum atomic E-state index is 12.8. The van der Waals surface area contributed by atoms with Crippen LogP contribution in [0.25, 0.3) is 0 Å². The summed E-state index contributed by atoms with van der Waals surface area (Å²) >= 11 is 5.83. The van der Waals surface area contributed by atoms with Crippen LogP contribution in [-0.4, -0.2) is 52.4 Å². The van der Waals surface area contributed by atoms with E-state index in [0.717, 1.165) is 17.7 Å². The van der Waals surface area contributed by atoms with E-state index in [9.17, 15) is 28.2 Å². The van der Waals surface area contributed by atoms with Crippen LogP contribution in [0.1, 0.15) is 16.7 Å². The quantitative estimate of drug-likeness (QED) is 0.643. The first-order chi connectivity index (χ1) is 14.1. The van der Waals surface area contributed by atoms with Gasteiger partial charge in [0.25, 0.3) is 0 Å². The van der Waals surface area contributed by atoms with Crippen LogP contribution in [0, 0.1) is 0 Å². The third-order valence-corrected chi connectivity index (χ3v) is 5.37. The van der Waals surface area contributed by atoms with Crippen molar-refractivity contribution in [3.05, 3.63) is 70.2 Å². The number of halogens is 4. The number of β-amino-alcohol motifs (C(OH)–C–C–N with tert-alkyl or cyclic N) is 2. The largest absolute Gasteiger partial charge is 0.416 e. The van der Waals surface area contributed by atoms with Gasteiger partial charge in [0, 0.05) is 24.7 Å². The van der Waals surface area contributed by atoms with Gasteiger partial charge < -0.3 is 20.4 Å². The summed E-state index contributed by atoms with van der Waals surface area (Å²) in [6.45, 7) is -0.0862. The number of nitrogens with zero attached hydrogens (tertiary/aromatic N) is 1. The summed E-state index contributed by atoms with van der Waals surface area (Å²) in [5.74, 6) is -0.245. The Kier molecular flexibility index (Phi) is 6.71. The molecule has 0 unspecified atom stereocenters. The molecule has 1 amide bonds. The molecular weight excluding hydrogens is 421 g/mol. The minimum atomic E-state index is -4.43. The number of aliphatic hydroxyl groups excluding tert-OH is 1. The third-order valence-electron chi connectivity index (χ3n) is 5.11. The Morgan fingerprint density at radius 3 is 2.57 bits per heavy atom. The number of nitrogens with one attached hydrogen (secondary N) is 1. The standard InChI is InChI=1S/C21H22ClF3N2O3/c22-17-6-4-14(5-7-17)9-19(29)27-11-18(28)20(30,13-27)12-26-10-15-2-1-3-16(8-15)21(23,24)25/h1-8,18,26,28,30H,9-13H2/t18-,20+/m1/s1. The number of hydrogen-bond acceptors (Lipinski definition) is 4. The molecule has 1 aliphatic rings. The van der Waals surface area contributed by atoms with Gasteiger partial charge in [-0.15, -0.1) is 0 Å². The molecule has 30 heavy (non-hydrogen) atoms. The van der Waals surface area contributed by atoms with Gasteiger partial charge in [-0.1, -0.05) is 41.9 Å². The van der Waals surface area contributed by atoms with Crippen molar-refractivity contribution in [2.24, 2.45) is 0 Å². The highest BCUT2D eigenvalue weighted by Crippen LogP contribution is 2.29. The lowest BCUT2D eigenvalue weighted by Crippen LogP contribution is -2.50. The Morgan fingerprint density at radius 2 is 1.90 bits per heavy atom. The SMILES string of the molecule is O=C(Cc1ccc(Cl)cc1)N1C[C@@H](O)[C@](O)(CNCc2cccc(C(F)(F)F)c2)C1. The fourth-order valence-electron chi connectivity index (χ4n) is 3.41. The molecule has 0 aliphatic carbocycles. The van der Waals surface area contributed by atoms with Gasteiger partial charge >= 0.3 is 6.18 Å². The van der Waals surface area contributed by atoms with E-state index in [1.54, 1.807) is 30.3 Å². The minimum Gasteiger partial charge on any atom is -0.388 e. The Labute approximate surface area is 177 Å². The van der Waals surface area contributed by atoms with Crippen LogP contribution < -0.4 is 5.32 Å². The zero-order valence-corrected chi connectivity index (χ0v) is 16.7. The first-order valence-corrected chi connectivity index (χ1v) is 9.74. The van der Waals surface area contributed by atoms with Crippen LogP contribution in [0.15, 0.2) is 48.5 Å². The summed E-state index contributed by atoms with van der Waals surface area (Å²) < 4.78 is 38.4. The molecule has 2 atom stereocenters. The second-order valence-corrected chi connectivity index (χ2v) is 7.94. The van der Waals surface area contributed by atoms with Crippen LogP contribution >= 0.6 is 11.6 Å². The van der Waals surface area contributed by atoms with Crippen molar-refractivity contribution in [3.8, 4) is 0 Å². The molecule has 3 rings (SSSR count). The van der Waals surface area contributed by atoms with E-state index in [4.69, 9.17) is 11.6 Å². The molecule has 1 heterocycles. The van der Waals surface area contributed by atoms with Gasteiger partial charge in [0.05, 0.1) is 18.5 Å². The van der Waals surface area contributed by atoms with E-state index in [-0.39, 0.29) is 38.5 Å². The van der Waals surface area contributed by atoms with Crippen molar-refractivity contribution >= 4 is 17.5 Å². The molecule has 1 aliphatic heterocycles. The van der Waals surface area contributed by atoms with Gasteiger partial charge in [-0.2, -0.15) is 13.2 Å². The van der Waals surface area contributed by atoms with Crippen molar-refractivity contribution in [2.75, 3.05) is 19.6 Å². The lowest BCUT2D eigenvalue weighted by Gasteiger charge is -2.26. The zero-order chi connectivity index (χ0) is 21.9. The van der Waals surface area contributed by atoms with Gasteiger partial charge in [0.15, 0.2) is 0 Å². The fourth-order valence-corrected chi connectivity index (χ4v) is 3.54. The summed E-state index contributed by atoms with van der Waals surface area (Å²) in [5, 5.41) is 24.4. The van der Waals surface area contributed by atoms with Crippen molar-refractivity contribution in [1.29, 1.82) is 0 Å². The average molecular weight is 443 g/mol. The molecule has 1 fully saturated rings. The predicted molar refractivity (Wildman–Crippen MR) is 106 cm³/mol. The zero-order valence-electron chi connectivity index (χ0n) is 16.0. The molecular formula is C21H22ClF3N2O3. The Morgan fingerprint density at radius 1 is 1.20 bits per heavy atom. The van der Waals surface area contributed by atoms with Crippen LogP contribution in [0.3, 0.4) is 0 Å². The number of hydrogen-bond donors (Lipinski definition) is 3. The van der Waals surface area contributed by atoms with Crippen LogP contribution in [0.5, 0.6) is 0 Å². The molecule has 0 saturated carbocycles. The molecule has 162 valence electrons. The Balaban J connectivity index is 1.55. The normalized spacial score (nSPS) is 21.8. The molecule has 0 bridgehead atoms. The molecule has 5 nitrogen and oxygen atoms in total. The molecule has 1 saturated heterocycles. The third kappa shape index (κ3) is 5.51. The first kappa shape index (κ1) is 22.6. The lowest BCUT2D eigenvalue weighted by atomic mass is 10.0. The summed E-state index contributed by atoms with van der Waals surface area (Å²) in [6, 6.07) is 11.7. The van der Waals surface area contributed by atoms with Gasteiger partial charge in [-0.05, 0) is 29.3 Å². The molecule has 3 N–H and O–H groups in total. The van der Waals surface area contributed by atoms with Crippen LogP contribution in [0.4, 0.5) is 13.2 Å².